The summed E-state index contributed by atoms with van der Waals surface area (Å²) in [5.74, 6) is 0.155. The molecule has 21 heavy (non-hydrogen) atoms. The number of aliphatic hydroxyl groups excluding tert-OH is 1. The number of hydrogen-bond acceptors (Lipinski definition) is 5. The zero-order chi connectivity index (χ0) is 15.2. The molecule has 0 saturated heterocycles. The predicted octanol–water partition coefficient (Wildman–Crippen LogP) is 2.70. The number of nitrogens with zero attached hydrogens (tertiary/aromatic N) is 1. The van der Waals surface area contributed by atoms with Crippen LogP contribution in [0.1, 0.15) is 21.6 Å². The summed E-state index contributed by atoms with van der Waals surface area (Å²) in [6.07, 6.45) is 1.44. The molecule has 0 fully saturated rings. The van der Waals surface area contributed by atoms with Gasteiger partial charge in [-0.05, 0) is 34.1 Å². The molecule has 1 aromatic carbocycles. The molecule has 0 aliphatic carbocycles. The molecule has 0 saturated carbocycles. The maximum absolute atomic E-state index is 11.3. The quantitative estimate of drug-likeness (QED) is 0.838. The first-order valence-electron chi connectivity index (χ1n) is 6.20. The van der Waals surface area contributed by atoms with Crippen LogP contribution in [0.5, 0.6) is 5.75 Å². The number of para-hydroxylation sites is 1. The van der Waals surface area contributed by atoms with Gasteiger partial charge in [-0.25, -0.2) is 4.79 Å². The smallest absolute Gasteiger partial charge is 0.339 e. The lowest BCUT2D eigenvalue weighted by atomic mass is 10.2. The standard InChI is InChI=1S/C15H14BrNO4/c1-20-15(19)10-5-6-12(17-7-10)9-21-14-11(8-18)3-2-4-13(14)16/h2-7,18H,8-9H2,1H3. The lowest BCUT2D eigenvalue weighted by Crippen LogP contribution is -2.05. The largest absolute Gasteiger partial charge is 0.486 e. The number of carbonyl (C=O) groups is 1. The van der Waals surface area contributed by atoms with Gasteiger partial charge in [-0.2, -0.15) is 0 Å². The van der Waals surface area contributed by atoms with Crippen LogP contribution in [-0.4, -0.2) is 23.2 Å². The minimum atomic E-state index is -0.427. The fourth-order valence-electron chi connectivity index (χ4n) is 1.73. The molecule has 0 unspecified atom stereocenters. The van der Waals surface area contributed by atoms with E-state index in [4.69, 9.17) is 4.74 Å². The molecule has 0 aliphatic rings. The van der Waals surface area contributed by atoms with Crippen molar-refractivity contribution in [1.29, 1.82) is 0 Å². The molecule has 0 bridgehead atoms. The molecule has 2 rings (SSSR count). The predicted molar refractivity (Wildman–Crippen MR) is 80.0 cm³/mol. The Kier molecular flexibility index (Phi) is 5.30. The van der Waals surface area contributed by atoms with E-state index in [9.17, 15) is 9.90 Å². The van der Waals surface area contributed by atoms with Crippen molar-refractivity contribution in [2.75, 3.05) is 7.11 Å². The van der Waals surface area contributed by atoms with Gasteiger partial charge in [-0.3, -0.25) is 4.98 Å². The number of benzene rings is 1. The number of rotatable bonds is 5. The van der Waals surface area contributed by atoms with Gasteiger partial charge in [-0.15, -0.1) is 0 Å². The highest BCUT2D eigenvalue weighted by molar-refractivity contribution is 9.10. The fraction of sp³-hybridized carbons (Fsp3) is 0.200. The zero-order valence-electron chi connectivity index (χ0n) is 11.4. The second kappa shape index (κ2) is 7.19. The summed E-state index contributed by atoms with van der Waals surface area (Å²) in [7, 11) is 1.32. The summed E-state index contributed by atoms with van der Waals surface area (Å²) in [5, 5.41) is 9.30. The first-order chi connectivity index (χ1) is 10.2. The average Bonchev–Trinajstić information content (AvgIpc) is 2.53. The van der Waals surface area contributed by atoms with Crippen molar-refractivity contribution < 1.29 is 19.4 Å². The highest BCUT2D eigenvalue weighted by atomic mass is 79.9. The lowest BCUT2D eigenvalue weighted by Gasteiger charge is -2.11. The van der Waals surface area contributed by atoms with Gasteiger partial charge in [0.1, 0.15) is 12.4 Å². The number of halogens is 1. The molecule has 2 aromatic rings. The van der Waals surface area contributed by atoms with Gasteiger partial charge in [0.15, 0.2) is 0 Å². The molecule has 110 valence electrons. The van der Waals surface area contributed by atoms with E-state index in [-0.39, 0.29) is 13.2 Å². The topological polar surface area (TPSA) is 68.7 Å². The first-order valence-corrected chi connectivity index (χ1v) is 6.99. The van der Waals surface area contributed by atoms with E-state index in [2.05, 4.69) is 25.7 Å². The van der Waals surface area contributed by atoms with Gasteiger partial charge in [0, 0.05) is 11.8 Å². The molecular weight excluding hydrogens is 338 g/mol. The minimum absolute atomic E-state index is 0.108. The Morgan fingerprint density at radius 3 is 2.76 bits per heavy atom. The molecule has 0 radical (unpaired) electrons. The van der Waals surface area contributed by atoms with E-state index < -0.39 is 5.97 Å². The Balaban J connectivity index is 2.08. The maximum atomic E-state index is 11.3. The van der Waals surface area contributed by atoms with Gasteiger partial charge in [0.25, 0.3) is 0 Å². The van der Waals surface area contributed by atoms with Crippen LogP contribution in [0.4, 0.5) is 0 Å². The number of methoxy groups -OCH3 is 1. The monoisotopic (exact) mass is 351 g/mol. The van der Waals surface area contributed by atoms with Crippen molar-refractivity contribution in [2.24, 2.45) is 0 Å². The summed E-state index contributed by atoms with van der Waals surface area (Å²) in [6.45, 7) is 0.126. The molecule has 0 atom stereocenters. The fourth-order valence-corrected chi connectivity index (χ4v) is 2.26. The van der Waals surface area contributed by atoms with Crippen molar-refractivity contribution in [2.45, 2.75) is 13.2 Å². The number of ether oxygens (including phenoxy) is 2. The molecule has 0 spiro atoms. The maximum Gasteiger partial charge on any atom is 0.339 e. The van der Waals surface area contributed by atoms with E-state index >= 15 is 0 Å². The molecule has 0 amide bonds. The minimum Gasteiger partial charge on any atom is -0.486 e. The van der Waals surface area contributed by atoms with Crippen molar-refractivity contribution in [3.05, 3.63) is 57.8 Å². The number of aliphatic hydroxyl groups is 1. The number of carbonyl (C=O) groups excluding carboxylic acids is 1. The second-order valence-corrected chi connectivity index (χ2v) is 5.06. The summed E-state index contributed by atoms with van der Waals surface area (Å²) >= 11 is 3.38. The molecule has 1 aromatic heterocycles. The third-order valence-electron chi connectivity index (χ3n) is 2.83. The number of esters is 1. The normalized spacial score (nSPS) is 10.2. The van der Waals surface area contributed by atoms with Crippen molar-refractivity contribution in [3.63, 3.8) is 0 Å². The van der Waals surface area contributed by atoms with Gasteiger partial charge in [-0.1, -0.05) is 12.1 Å². The first kappa shape index (κ1) is 15.5. The van der Waals surface area contributed by atoms with E-state index in [1.165, 1.54) is 13.3 Å². The molecule has 6 heteroatoms. The average molecular weight is 352 g/mol. The number of hydrogen-bond donors (Lipinski definition) is 1. The van der Waals surface area contributed by atoms with Crippen molar-refractivity contribution in [3.8, 4) is 5.75 Å². The molecule has 0 aliphatic heterocycles. The second-order valence-electron chi connectivity index (χ2n) is 4.20. The Hall–Kier alpha value is -1.92. The van der Waals surface area contributed by atoms with Gasteiger partial charge >= 0.3 is 5.97 Å². The Morgan fingerprint density at radius 2 is 2.14 bits per heavy atom. The zero-order valence-corrected chi connectivity index (χ0v) is 13.0. The third-order valence-corrected chi connectivity index (χ3v) is 3.45. The van der Waals surface area contributed by atoms with E-state index in [0.717, 1.165) is 4.47 Å². The summed E-state index contributed by atoms with van der Waals surface area (Å²) in [4.78, 5) is 15.4. The Bertz CT molecular complexity index is 628. The molecule has 1 N–H and O–H groups in total. The highest BCUT2D eigenvalue weighted by Gasteiger charge is 2.09. The third kappa shape index (κ3) is 3.80. The Labute approximate surface area is 130 Å². The molecule has 5 nitrogen and oxygen atoms in total. The SMILES string of the molecule is COC(=O)c1ccc(COc2c(Br)cccc2CO)nc1. The van der Waals surface area contributed by atoms with E-state index in [1.807, 2.05) is 12.1 Å². The van der Waals surface area contributed by atoms with Crippen LogP contribution < -0.4 is 4.74 Å². The van der Waals surface area contributed by atoms with Gasteiger partial charge in [0.05, 0.1) is 29.4 Å². The summed E-state index contributed by atoms with van der Waals surface area (Å²) < 4.78 is 11.1. The van der Waals surface area contributed by atoms with Gasteiger partial charge < -0.3 is 14.6 Å². The molecule has 1 heterocycles. The van der Waals surface area contributed by atoms with Crippen LogP contribution >= 0.6 is 15.9 Å². The number of aromatic nitrogens is 1. The van der Waals surface area contributed by atoms with Crippen LogP contribution in [0.25, 0.3) is 0 Å². The van der Waals surface area contributed by atoms with Crippen LogP contribution in [-0.2, 0) is 18.0 Å². The van der Waals surface area contributed by atoms with Crippen molar-refractivity contribution >= 4 is 21.9 Å². The lowest BCUT2D eigenvalue weighted by molar-refractivity contribution is 0.0600. The van der Waals surface area contributed by atoms with Crippen LogP contribution in [0.3, 0.4) is 0 Å². The summed E-state index contributed by atoms with van der Waals surface area (Å²) in [5.41, 5.74) is 1.75. The molecular formula is C15H14BrNO4. The van der Waals surface area contributed by atoms with E-state index in [0.29, 0.717) is 22.6 Å². The van der Waals surface area contributed by atoms with Crippen LogP contribution in [0.15, 0.2) is 41.0 Å². The Morgan fingerprint density at radius 1 is 1.33 bits per heavy atom. The van der Waals surface area contributed by atoms with Gasteiger partial charge in [0.2, 0.25) is 0 Å². The summed E-state index contributed by atoms with van der Waals surface area (Å²) in [6, 6.07) is 8.77. The van der Waals surface area contributed by atoms with Crippen molar-refractivity contribution in [1.82, 2.24) is 4.98 Å². The number of pyridine rings is 1. The van der Waals surface area contributed by atoms with Crippen LogP contribution in [0.2, 0.25) is 0 Å². The van der Waals surface area contributed by atoms with Crippen LogP contribution in [0, 0.1) is 0 Å². The van der Waals surface area contributed by atoms with E-state index in [1.54, 1.807) is 18.2 Å². The highest BCUT2D eigenvalue weighted by Crippen LogP contribution is 2.29.